The number of rotatable bonds is 2. The third-order valence-electron chi connectivity index (χ3n) is 2.58. The lowest BCUT2D eigenvalue weighted by molar-refractivity contribution is 0.238. The number of hydrogen-bond acceptors (Lipinski definition) is 3. The van der Waals surface area contributed by atoms with Crippen molar-refractivity contribution in [3.05, 3.63) is 24.1 Å². The molecule has 2 rings (SSSR count). The Morgan fingerprint density at radius 3 is 3.00 bits per heavy atom. The summed E-state index contributed by atoms with van der Waals surface area (Å²) in [7, 11) is 0. The number of aromatic nitrogens is 1. The second-order valence-electron chi connectivity index (χ2n) is 3.62. The first-order chi connectivity index (χ1) is 6.79. The summed E-state index contributed by atoms with van der Waals surface area (Å²) in [6, 6.07) is 3.09. The van der Waals surface area contributed by atoms with Gasteiger partial charge in [-0.3, -0.25) is 0 Å². The Kier molecular flexibility index (Phi) is 2.63. The summed E-state index contributed by atoms with van der Waals surface area (Å²) >= 11 is 0. The average molecular weight is 196 g/mol. The first-order valence-corrected chi connectivity index (χ1v) is 4.77. The molecule has 1 aromatic heterocycles. The molecular formula is C10H13FN2O. The Balaban J connectivity index is 2.06. The highest BCUT2D eigenvalue weighted by atomic mass is 19.1. The number of aliphatic hydroxyl groups is 1. The van der Waals surface area contributed by atoms with Gasteiger partial charge in [0.15, 0.2) is 0 Å². The number of nitrogens with zero attached hydrogens (tertiary/aromatic N) is 2. The quantitative estimate of drug-likeness (QED) is 0.767. The summed E-state index contributed by atoms with van der Waals surface area (Å²) in [5, 5.41) is 8.97. The molecule has 1 aromatic rings. The van der Waals surface area contributed by atoms with Crippen LogP contribution in [0.15, 0.2) is 18.3 Å². The van der Waals surface area contributed by atoms with Crippen molar-refractivity contribution in [1.82, 2.24) is 4.98 Å². The summed E-state index contributed by atoms with van der Waals surface area (Å²) in [5.74, 6) is 0.816. The smallest absolute Gasteiger partial charge is 0.141 e. The third kappa shape index (κ3) is 1.85. The molecule has 1 aliphatic heterocycles. The van der Waals surface area contributed by atoms with Crippen molar-refractivity contribution < 1.29 is 9.50 Å². The van der Waals surface area contributed by atoms with E-state index in [9.17, 15) is 4.39 Å². The Bertz CT molecular complexity index is 301. The summed E-state index contributed by atoms with van der Waals surface area (Å²) in [5.41, 5.74) is 0. The molecule has 76 valence electrons. The van der Waals surface area contributed by atoms with Crippen LogP contribution in [0.1, 0.15) is 6.42 Å². The fourth-order valence-electron chi connectivity index (χ4n) is 1.74. The van der Waals surface area contributed by atoms with Crippen molar-refractivity contribution in [1.29, 1.82) is 0 Å². The van der Waals surface area contributed by atoms with Crippen LogP contribution in [-0.2, 0) is 0 Å². The summed E-state index contributed by atoms with van der Waals surface area (Å²) in [4.78, 5) is 6.07. The van der Waals surface area contributed by atoms with E-state index in [1.807, 2.05) is 0 Å². The van der Waals surface area contributed by atoms with Crippen LogP contribution in [-0.4, -0.2) is 29.8 Å². The Morgan fingerprint density at radius 2 is 2.43 bits per heavy atom. The van der Waals surface area contributed by atoms with E-state index in [-0.39, 0.29) is 12.4 Å². The molecule has 1 saturated heterocycles. The maximum Gasteiger partial charge on any atom is 0.141 e. The monoisotopic (exact) mass is 196 g/mol. The van der Waals surface area contributed by atoms with Gasteiger partial charge in [0.2, 0.25) is 0 Å². The molecule has 1 fully saturated rings. The van der Waals surface area contributed by atoms with E-state index >= 15 is 0 Å². The Labute approximate surface area is 82.2 Å². The standard InChI is InChI=1S/C10H13FN2O/c11-9-1-2-10(12-5-9)13-4-3-8(6-13)7-14/h1-2,5,8,14H,3-4,6-7H2. The van der Waals surface area contributed by atoms with Crippen LogP contribution in [0.2, 0.25) is 0 Å². The average Bonchev–Trinajstić information content (AvgIpc) is 2.67. The second-order valence-corrected chi connectivity index (χ2v) is 3.62. The highest BCUT2D eigenvalue weighted by Crippen LogP contribution is 2.21. The van der Waals surface area contributed by atoms with Crippen LogP contribution in [0.3, 0.4) is 0 Å². The van der Waals surface area contributed by atoms with Crippen molar-refractivity contribution in [3.8, 4) is 0 Å². The van der Waals surface area contributed by atoms with Gasteiger partial charge in [0.1, 0.15) is 11.6 Å². The summed E-state index contributed by atoms with van der Waals surface area (Å²) in [6.45, 7) is 1.93. The van der Waals surface area contributed by atoms with Crippen LogP contribution in [0.5, 0.6) is 0 Å². The molecule has 0 aliphatic carbocycles. The zero-order chi connectivity index (χ0) is 9.97. The maximum atomic E-state index is 12.6. The van der Waals surface area contributed by atoms with E-state index in [2.05, 4.69) is 9.88 Å². The van der Waals surface area contributed by atoms with Crippen LogP contribution in [0.25, 0.3) is 0 Å². The highest BCUT2D eigenvalue weighted by molar-refractivity contribution is 5.39. The lowest BCUT2D eigenvalue weighted by atomic mass is 10.1. The van der Waals surface area contributed by atoms with Crippen LogP contribution in [0.4, 0.5) is 10.2 Å². The van der Waals surface area contributed by atoms with Gasteiger partial charge in [-0.1, -0.05) is 0 Å². The molecule has 0 bridgehead atoms. The number of anilines is 1. The summed E-state index contributed by atoms with van der Waals surface area (Å²) in [6.07, 6.45) is 2.21. The number of halogens is 1. The zero-order valence-electron chi connectivity index (χ0n) is 7.86. The van der Waals surface area contributed by atoms with Crippen LogP contribution in [0, 0.1) is 11.7 Å². The van der Waals surface area contributed by atoms with Crippen LogP contribution >= 0.6 is 0 Å². The Morgan fingerprint density at radius 1 is 1.57 bits per heavy atom. The predicted octanol–water partition coefficient (Wildman–Crippen LogP) is 1.04. The molecule has 14 heavy (non-hydrogen) atoms. The van der Waals surface area contributed by atoms with Crippen molar-refractivity contribution in [3.63, 3.8) is 0 Å². The lowest BCUT2D eigenvalue weighted by Crippen LogP contribution is -2.21. The molecule has 2 heterocycles. The molecule has 1 atom stereocenters. The normalized spacial score (nSPS) is 21.6. The van der Waals surface area contributed by atoms with Crippen molar-refractivity contribution in [2.75, 3.05) is 24.6 Å². The fraction of sp³-hybridized carbons (Fsp3) is 0.500. The van der Waals surface area contributed by atoms with E-state index in [1.54, 1.807) is 6.07 Å². The fourth-order valence-corrected chi connectivity index (χ4v) is 1.74. The molecule has 0 radical (unpaired) electrons. The molecule has 0 amide bonds. The highest BCUT2D eigenvalue weighted by Gasteiger charge is 2.22. The molecule has 3 nitrogen and oxygen atoms in total. The molecule has 0 saturated carbocycles. The van der Waals surface area contributed by atoms with Gasteiger partial charge in [0.05, 0.1) is 6.20 Å². The number of pyridine rings is 1. The van der Waals surface area contributed by atoms with Gasteiger partial charge in [-0.2, -0.15) is 0 Å². The topological polar surface area (TPSA) is 36.4 Å². The number of aliphatic hydroxyl groups excluding tert-OH is 1. The molecule has 1 aliphatic rings. The molecule has 4 heteroatoms. The predicted molar refractivity (Wildman–Crippen MR) is 51.6 cm³/mol. The summed E-state index contributed by atoms with van der Waals surface area (Å²) < 4.78 is 12.6. The van der Waals surface area contributed by atoms with E-state index < -0.39 is 0 Å². The minimum Gasteiger partial charge on any atom is -0.396 e. The van der Waals surface area contributed by atoms with Crippen molar-refractivity contribution >= 4 is 5.82 Å². The molecule has 0 aromatic carbocycles. The SMILES string of the molecule is OCC1CCN(c2ccc(F)cn2)C1. The first kappa shape index (κ1) is 9.40. The molecular weight excluding hydrogens is 183 g/mol. The van der Waals surface area contributed by atoms with E-state index in [0.29, 0.717) is 5.92 Å². The van der Waals surface area contributed by atoms with Gasteiger partial charge in [-0.25, -0.2) is 9.37 Å². The molecule has 0 spiro atoms. The maximum absolute atomic E-state index is 12.6. The van der Waals surface area contributed by atoms with E-state index in [4.69, 9.17) is 5.11 Å². The van der Waals surface area contributed by atoms with Crippen LogP contribution < -0.4 is 4.90 Å². The van der Waals surface area contributed by atoms with Gasteiger partial charge in [-0.05, 0) is 18.6 Å². The van der Waals surface area contributed by atoms with Gasteiger partial charge in [0, 0.05) is 25.6 Å². The molecule has 1 unspecified atom stereocenters. The second kappa shape index (κ2) is 3.92. The molecule has 1 N–H and O–H groups in total. The third-order valence-corrected chi connectivity index (χ3v) is 2.58. The van der Waals surface area contributed by atoms with Crippen molar-refractivity contribution in [2.24, 2.45) is 5.92 Å². The van der Waals surface area contributed by atoms with Crippen molar-refractivity contribution in [2.45, 2.75) is 6.42 Å². The zero-order valence-corrected chi connectivity index (χ0v) is 7.86. The van der Waals surface area contributed by atoms with Gasteiger partial charge in [0.25, 0.3) is 0 Å². The number of hydrogen-bond donors (Lipinski definition) is 1. The first-order valence-electron chi connectivity index (χ1n) is 4.77. The minimum absolute atomic E-state index is 0.220. The van der Waals surface area contributed by atoms with E-state index in [0.717, 1.165) is 25.3 Å². The van der Waals surface area contributed by atoms with Gasteiger partial charge in [-0.15, -0.1) is 0 Å². The van der Waals surface area contributed by atoms with Gasteiger partial charge >= 0.3 is 0 Å². The van der Waals surface area contributed by atoms with E-state index in [1.165, 1.54) is 12.3 Å². The minimum atomic E-state index is -0.313. The largest absolute Gasteiger partial charge is 0.396 e. The Hall–Kier alpha value is -1.16. The van der Waals surface area contributed by atoms with Gasteiger partial charge < -0.3 is 10.0 Å². The lowest BCUT2D eigenvalue weighted by Gasteiger charge is -2.16.